The lowest BCUT2D eigenvalue weighted by atomic mass is 9.79. The van der Waals surface area contributed by atoms with Crippen molar-refractivity contribution in [1.29, 1.82) is 0 Å². The van der Waals surface area contributed by atoms with E-state index in [1.807, 2.05) is 6.92 Å². The lowest BCUT2D eigenvalue weighted by Gasteiger charge is -2.30. The van der Waals surface area contributed by atoms with E-state index < -0.39 is 0 Å². The number of hydrogen-bond donors (Lipinski definition) is 1. The van der Waals surface area contributed by atoms with Crippen molar-refractivity contribution >= 4 is 11.3 Å². The Bertz CT molecular complexity index is 534. The maximum atomic E-state index is 4.20. The summed E-state index contributed by atoms with van der Waals surface area (Å²) in [4.78, 5) is 0. The summed E-state index contributed by atoms with van der Waals surface area (Å²) >= 11 is 1.68. The minimum atomic E-state index is 0.436. The van der Waals surface area contributed by atoms with Gasteiger partial charge in [0.1, 0.15) is 10.0 Å². The first kappa shape index (κ1) is 13.7. The summed E-state index contributed by atoms with van der Waals surface area (Å²) in [6.07, 6.45) is 5.43. The van der Waals surface area contributed by atoms with Gasteiger partial charge in [-0.3, -0.25) is 0 Å². The van der Waals surface area contributed by atoms with Crippen molar-refractivity contribution < 1.29 is 0 Å². The molecule has 0 bridgehead atoms. The van der Waals surface area contributed by atoms with Crippen LogP contribution in [0, 0.1) is 12.8 Å². The van der Waals surface area contributed by atoms with Crippen molar-refractivity contribution in [2.45, 2.75) is 45.2 Å². The van der Waals surface area contributed by atoms with Crippen LogP contribution < -0.4 is 5.32 Å². The molecule has 2 aromatic rings. The van der Waals surface area contributed by atoms with Crippen molar-refractivity contribution in [2.24, 2.45) is 5.92 Å². The van der Waals surface area contributed by atoms with Gasteiger partial charge in [-0.05, 0) is 24.8 Å². The Kier molecular flexibility index (Phi) is 4.43. The highest BCUT2D eigenvalue weighted by molar-refractivity contribution is 7.11. The molecular weight excluding hydrogens is 266 g/mol. The van der Waals surface area contributed by atoms with E-state index in [0.717, 1.165) is 22.5 Å². The smallest absolute Gasteiger partial charge is 0.131 e. The molecule has 1 aliphatic rings. The van der Waals surface area contributed by atoms with Gasteiger partial charge in [-0.15, -0.1) is 21.5 Å². The summed E-state index contributed by atoms with van der Waals surface area (Å²) in [7, 11) is 0. The highest BCUT2D eigenvalue weighted by atomic mass is 32.1. The summed E-state index contributed by atoms with van der Waals surface area (Å²) in [5.41, 5.74) is 1.39. The van der Waals surface area contributed by atoms with E-state index in [0.29, 0.717) is 6.04 Å². The highest BCUT2D eigenvalue weighted by Gasteiger charge is 2.23. The molecular formula is C16H21N3S. The van der Waals surface area contributed by atoms with E-state index >= 15 is 0 Å². The van der Waals surface area contributed by atoms with Gasteiger partial charge in [0.2, 0.25) is 0 Å². The summed E-state index contributed by atoms with van der Waals surface area (Å²) in [6.45, 7) is 2.82. The first-order valence-corrected chi connectivity index (χ1v) is 8.20. The molecule has 1 aromatic heterocycles. The third-order valence-electron chi connectivity index (χ3n) is 4.06. The van der Waals surface area contributed by atoms with Crippen LogP contribution in [0.1, 0.15) is 47.3 Å². The van der Waals surface area contributed by atoms with Gasteiger partial charge in [0, 0.05) is 6.04 Å². The average molecular weight is 287 g/mol. The van der Waals surface area contributed by atoms with Crippen LogP contribution in [0.15, 0.2) is 30.3 Å². The molecule has 0 saturated heterocycles. The molecule has 4 heteroatoms. The van der Waals surface area contributed by atoms with Crippen LogP contribution in [0.2, 0.25) is 0 Å². The summed E-state index contributed by atoms with van der Waals surface area (Å²) in [6, 6.07) is 11.2. The fourth-order valence-corrected chi connectivity index (χ4v) is 3.36. The Labute approximate surface area is 124 Å². The van der Waals surface area contributed by atoms with Crippen LogP contribution in [-0.4, -0.2) is 10.2 Å². The molecule has 1 heterocycles. The fourth-order valence-electron chi connectivity index (χ4n) is 2.70. The van der Waals surface area contributed by atoms with Crippen molar-refractivity contribution in [3.8, 4) is 0 Å². The maximum Gasteiger partial charge on any atom is 0.131 e. The number of hydrogen-bond acceptors (Lipinski definition) is 4. The number of rotatable bonds is 6. The monoisotopic (exact) mass is 287 g/mol. The zero-order chi connectivity index (χ0) is 13.8. The third kappa shape index (κ3) is 3.44. The molecule has 0 aliphatic heterocycles. The lowest BCUT2D eigenvalue weighted by molar-refractivity contribution is 0.260. The fraction of sp³-hybridized carbons (Fsp3) is 0.500. The van der Waals surface area contributed by atoms with E-state index in [2.05, 4.69) is 45.8 Å². The quantitative estimate of drug-likeness (QED) is 0.876. The van der Waals surface area contributed by atoms with E-state index in [-0.39, 0.29) is 0 Å². The first-order valence-electron chi connectivity index (χ1n) is 7.38. The van der Waals surface area contributed by atoms with Crippen LogP contribution in [-0.2, 0) is 6.54 Å². The van der Waals surface area contributed by atoms with Gasteiger partial charge in [0.15, 0.2) is 0 Å². The molecule has 1 atom stereocenters. The minimum Gasteiger partial charge on any atom is -0.303 e. The van der Waals surface area contributed by atoms with E-state index in [1.165, 1.54) is 31.2 Å². The Balaban J connectivity index is 1.65. The number of aryl methyl sites for hydroxylation is 1. The maximum absolute atomic E-state index is 4.20. The van der Waals surface area contributed by atoms with Gasteiger partial charge in [0.05, 0.1) is 6.54 Å². The average Bonchev–Trinajstić information content (AvgIpc) is 2.84. The molecule has 0 spiro atoms. The van der Waals surface area contributed by atoms with Crippen LogP contribution in [0.4, 0.5) is 0 Å². The zero-order valence-corrected chi connectivity index (χ0v) is 12.7. The molecule has 20 heavy (non-hydrogen) atoms. The van der Waals surface area contributed by atoms with Crippen molar-refractivity contribution in [1.82, 2.24) is 15.5 Å². The second-order valence-corrected chi connectivity index (χ2v) is 6.86. The summed E-state index contributed by atoms with van der Waals surface area (Å²) in [5.74, 6) is 0.892. The van der Waals surface area contributed by atoms with Crippen LogP contribution in [0.5, 0.6) is 0 Å². The highest BCUT2D eigenvalue weighted by Crippen LogP contribution is 2.34. The predicted octanol–water partition coefficient (Wildman–Crippen LogP) is 3.87. The number of nitrogens with zero attached hydrogens (tertiary/aromatic N) is 2. The second kappa shape index (κ2) is 6.46. The molecule has 1 fully saturated rings. The largest absolute Gasteiger partial charge is 0.303 e. The van der Waals surface area contributed by atoms with E-state index in [9.17, 15) is 0 Å². The topological polar surface area (TPSA) is 37.8 Å². The summed E-state index contributed by atoms with van der Waals surface area (Å²) < 4.78 is 0. The van der Waals surface area contributed by atoms with Crippen LogP contribution in [0.3, 0.4) is 0 Å². The Hall–Kier alpha value is -1.26. The molecule has 3 rings (SSSR count). The third-order valence-corrected chi connectivity index (χ3v) is 4.90. The molecule has 1 saturated carbocycles. The molecule has 106 valence electrons. The van der Waals surface area contributed by atoms with Gasteiger partial charge in [-0.2, -0.15) is 0 Å². The molecule has 0 radical (unpaired) electrons. The molecule has 1 unspecified atom stereocenters. The lowest BCUT2D eigenvalue weighted by Crippen LogP contribution is -2.25. The summed E-state index contributed by atoms with van der Waals surface area (Å²) in [5, 5.41) is 14.1. The van der Waals surface area contributed by atoms with Gasteiger partial charge in [-0.25, -0.2) is 0 Å². The molecule has 1 aromatic carbocycles. The van der Waals surface area contributed by atoms with Gasteiger partial charge in [-0.1, -0.05) is 49.6 Å². The Morgan fingerprint density at radius 1 is 1.25 bits per heavy atom. The van der Waals surface area contributed by atoms with Crippen LogP contribution >= 0.6 is 11.3 Å². The normalized spacial score (nSPS) is 16.9. The van der Waals surface area contributed by atoms with E-state index in [1.54, 1.807) is 11.3 Å². The predicted molar refractivity (Wildman–Crippen MR) is 82.6 cm³/mol. The standard InChI is InChI=1S/C16H21N3S/c1-12-18-19-16(20-12)11-17-15(10-13-6-5-7-13)14-8-3-2-4-9-14/h2-4,8-9,13,15,17H,5-7,10-11H2,1H3. The zero-order valence-electron chi connectivity index (χ0n) is 11.9. The SMILES string of the molecule is Cc1nnc(CNC(CC2CCC2)c2ccccc2)s1. The van der Waals surface area contributed by atoms with Crippen molar-refractivity contribution in [3.63, 3.8) is 0 Å². The second-order valence-electron chi connectivity index (χ2n) is 5.59. The molecule has 1 N–H and O–H groups in total. The molecule has 0 amide bonds. The number of benzene rings is 1. The minimum absolute atomic E-state index is 0.436. The van der Waals surface area contributed by atoms with Gasteiger partial charge < -0.3 is 5.32 Å². The van der Waals surface area contributed by atoms with Gasteiger partial charge in [0.25, 0.3) is 0 Å². The Morgan fingerprint density at radius 3 is 2.65 bits per heavy atom. The first-order chi connectivity index (χ1) is 9.81. The molecule has 3 nitrogen and oxygen atoms in total. The number of aromatic nitrogens is 2. The van der Waals surface area contributed by atoms with Crippen molar-refractivity contribution in [2.75, 3.05) is 0 Å². The van der Waals surface area contributed by atoms with Crippen molar-refractivity contribution in [3.05, 3.63) is 45.9 Å². The molecule has 1 aliphatic carbocycles. The van der Waals surface area contributed by atoms with Crippen LogP contribution in [0.25, 0.3) is 0 Å². The Morgan fingerprint density at radius 2 is 2.05 bits per heavy atom. The number of nitrogens with one attached hydrogen (secondary N) is 1. The van der Waals surface area contributed by atoms with E-state index in [4.69, 9.17) is 0 Å². The van der Waals surface area contributed by atoms with Gasteiger partial charge >= 0.3 is 0 Å².